The molecule has 0 aromatic heterocycles. The van der Waals surface area contributed by atoms with Crippen molar-refractivity contribution in [2.24, 2.45) is 5.92 Å². The molecule has 3 aliphatic rings. The standard InChI is InChI=1S/C23H21NO6/c25-18-13-9-5-4-8-12(13)16-14(19(18)26)15-17(24-16)21(28)22(29)23(20(15)27)30-10-11-6-2-1-3-7-11/h1-9,15,17,20-24,27-29H,10H2/t15-,17-,20-,21+,22+,23+/m1/s1. The number of ether oxygens (including phenoxy) is 1. The maximum absolute atomic E-state index is 12.9. The van der Waals surface area contributed by atoms with Gasteiger partial charge in [0.1, 0.15) is 18.3 Å². The number of benzene rings is 2. The van der Waals surface area contributed by atoms with Crippen LogP contribution >= 0.6 is 0 Å². The zero-order valence-electron chi connectivity index (χ0n) is 15.9. The van der Waals surface area contributed by atoms with Crippen molar-refractivity contribution in [3.63, 3.8) is 0 Å². The third kappa shape index (κ3) is 2.74. The number of aliphatic hydroxyl groups excluding tert-OH is 3. The Morgan fingerprint density at radius 2 is 1.47 bits per heavy atom. The molecule has 2 aromatic rings. The third-order valence-electron chi connectivity index (χ3n) is 6.24. The summed E-state index contributed by atoms with van der Waals surface area (Å²) in [6.45, 7) is 0.124. The Morgan fingerprint density at radius 1 is 0.800 bits per heavy atom. The highest BCUT2D eigenvalue weighted by Crippen LogP contribution is 2.44. The van der Waals surface area contributed by atoms with Crippen LogP contribution in [0.25, 0.3) is 5.70 Å². The Morgan fingerprint density at radius 3 is 2.20 bits per heavy atom. The number of Topliss-reactive ketones (excluding diaryl/α,β-unsaturated/α-hetero) is 2. The highest BCUT2D eigenvalue weighted by Gasteiger charge is 2.57. The van der Waals surface area contributed by atoms with Crippen molar-refractivity contribution in [3.8, 4) is 0 Å². The summed E-state index contributed by atoms with van der Waals surface area (Å²) < 4.78 is 5.78. The second-order valence-corrected chi connectivity index (χ2v) is 7.92. The molecule has 30 heavy (non-hydrogen) atoms. The quantitative estimate of drug-likeness (QED) is 0.546. The fourth-order valence-electron chi connectivity index (χ4n) is 4.77. The van der Waals surface area contributed by atoms with Crippen molar-refractivity contribution < 1.29 is 29.6 Å². The first-order valence-corrected chi connectivity index (χ1v) is 9.88. The van der Waals surface area contributed by atoms with Crippen LogP contribution in [0.5, 0.6) is 0 Å². The molecule has 0 spiro atoms. The predicted octanol–water partition coefficient (Wildman–Crippen LogP) is 0.433. The number of nitrogens with one attached hydrogen (secondary N) is 1. The smallest absolute Gasteiger partial charge is 0.233 e. The van der Waals surface area contributed by atoms with E-state index in [9.17, 15) is 24.9 Å². The highest BCUT2D eigenvalue weighted by atomic mass is 16.5. The number of hydrogen-bond donors (Lipinski definition) is 4. The lowest BCUT2D eigenvalue weighted by atomic mass is 9.72. The fraction of sp³-hybridized carbons (Fsp3) is 0.304. The monoisotopic (exact) mass is 407 g/mol. The van der Waals surface area contributed by atoms with E-state index >= 15 is 0 Å². The van der Waals surface area contributed by atoms with Crippen LogP contribution in [0, 0.1) is 5.92 Å². The molecule has 7 heteroatoms. The average molecular weight is 407 g/mol. The Hall–Kier alpha value is -2.84. The van der Waals surface area contributed by atoms with Crippen LogP contribution in [-0.4, -0.2) is 57.3 Å². The van der Waals surface area contributed by atoms with Crippen molar-refractivity contribution in [2.45, 2.75) is 37.1 Å². The van der Waals surface area contributed by atoms with E-state index < -0.39 is 47.9 Å². The number of hydrogen-bond acceptors (Lipinski definition) is 7. The van der Waals surface area contributed by atoms with Gasteiger partial charge in [0.15, 0.2) is 0 Å². The van der Waals surface area contributed by atoms with Crippen LogP contribution in [0.15, 0.2) is 60.2 Å². The maximum atomic E-state index is 12.9. The van der Waals surface area contributed by atoms with Gasteiger partial charge in [-0.3, -0.25) is 9.59 Å². The number of rotatable bonds is 3. The topological polar surface area (TPSA) is 116 Å². The van der Waals surface area contributed by atoms with Crippen molar-refractivity contribution in [2.75, 3.05) is 0 Å². The number of carbonyl (C=O) groups excluding carboxylic acids is 2. The van der Waals surface area contributed by atoms with E-state index in [0.717, 1.165) is 5.56 Å². The summed E-state index contributed by atoms with van der Waals surface area (Å²) in [6.07, 6.45) is -5.05. The van der Waals surface area contributed by atoms with E-state index in [1.54, 1.807) is 24.3 Å². The Bertz CT molecular complexity index is 1050. The molecule has 4 N–H and O–H groups in total. The average Bonchev–Trinajstić information content (AvgIpc) is 3.18. The van der Waals surface area contributed by atoms with Gasteiger partial charge in [-0.1, -0.05) is 54.6 Å². The van der Waals surface area contributed by atoms with Gasteiger partial charge < -0.3 is 25.4 Å². The minimum Gasteiger partial charge on any atom is -0.390 e. The largest absolute Gasteiger partial charge is 0.390 e. The van der Waals surface area contributed by atoms with Crippen molar-refractivity contribution in [3.05, 3.63) is 76.9 Å². The second-order valence-electron chi connectivity index (χ2n) is 7.92. The van der Waals surface area contributed by atoms with Gasteiger partial charge in [0.05, 0.1) is 24.4 Å². The molecule has 0 unspecified atom stereocenters. The van der Waals surface area contributed by atoms with Crippen LogP contribution < -0.4 is 5.32 Å². The Labute approximate surface area is 172 Å². The summed E-state index contributed by atoms with van der Waals surface area (Å²) in [4.78, 5) is 25.5. The number of carbonyl (C=O) groups is 2. The van der Waals surface area contributed by atoms with Gasteiger partial charge in [0, 0.05) is 22.6 Å². The molecule has 0 saturated heterocycles. The predicted molar refractivity (Wildman–Crippen MR) is 106 cm³/mol. The molecule has 0 amide bonds. The molecule has 7 nitrogen and oxygen atoms in total. The summed E-state index contributed by atoms with van der Waals surface area (Å²) in [5.41, 5.74) is 2.27. The minimum absolute atomic E-state index is 0.124. The lowest BCUT2D eigenvalue weighted by molar-refractivity contribution is -0.185. The highest BCUT2D eigenvalue weighted by molar-refractivity contribution is 6.52. The molecular weight excluding hydrogens is 386 g/mol. The number of fused-ring (bicyclic) bond motifs is 4. The SMILES string of the molecule is O=C1C(=O)c2ccccc2C2=C1[C@H]1[C@@H](O)[C@H](OCc3ccccc3)[C@@H](O)[C@@H](O)[C@@H]1N2. The number of aliphatic hydroxyl groups is 3. The lowest BCUT2D eigenvalue weighted by Crippen LogP contribution is -2.63. The van der Waals surface area contributed by atoms with E-state index in [1.807, 2.05) is 30.3 Å². The van der Waals surface area contributed by atoms with Gasteiger partial charge in [-0.25, -0.2) is 0 Å². The molecule has 1 heterocycles. The van der Waals surface area contributed by atoms with E-state index in [1.165, 1.54) is 0 Å². The molecule has 1 saturated carbocycles. The van der Waals surface area contributed by atoms with Gasteiger partial charge in [0.25, 0.3) is 0 Å². The molecule has 154 valence electrons. The molecule has 1 aliphatic heterocycles. The van der Waals surface area contributed by atoms with Crippen molar-refractivity contribution in [1.29, 1.82) is 0 Å². The molecule has 6 atom stereocenters. The van der Waals surface area contributed by atoms with Crippen LogP contribution in [0.1, 0.15) is 21.5 Å². The molecular formula is C23H21NO6. The summed E-state index contributed by atoms with van der Waals surface area (Å²) in [5, 5.41) is 35.5. The van der Waals surface area contributed by atoms with Gasteiger partial charge in [-0.15, -0.1) is 0 Å². The van der Waals surface area contributed by atoms with Crippen LogP contribution in [0.3, 0.4) is 0 Å². The summed E-state index contributed by atoms with van der Waals surface area (Å²) in [6, 6.07) is 15.2. The van der Waals surface area contributed by atoms with Crippen molar-refractivity contribution >= 4 is 17.3 Å². The van der Waals surface area contributed by atoms with Crippen molar-refractivity contribution in [1.82, 2.24) is 5.32 Å². The van der Waals surface area contributed by atoms with E-state index in [2.05, 4.69) is 5.32 Å². The lowest BCUT2D eigenvalue weighted by Gasteiger charge is -2.43. The van der Waals surface area contributed by atoms with Crippen LogP contribution in [0.4, 0.5) is 0 Å². The molecule has 0 radical (unpaired) electrons. The van der Waals surface area contributed by atoms with E-state index in [-0.39, 0.29) is 17.7 Å². The molecule has 0 bridgehead atoms. The van der Waals surface area contributed by atoms with E-state index in [4.69, 9.17) is 4.74 Å². The molecule has 1 fully saturated rings. The zero-order valence-corrected chi connectivity index (χ0v) is 15.9. The normalized spacial score (nSPS) is 32.4. The summed E-state index contributed by atoms with van der Waals surface area (Å²) >= 11 is 0. The first-order valence-electron chi connectivity index (χ1n) is 9.88. The van der Waals surface area contributed by atoms with Gasteiger partial charge in [-0.05, 0) is 5.56 Å². The van der Waals surface area contributed by atoms with E-state index in [0.29, 0.717) is 11.3 Å². The minimum atomic E-state index is -1.36. The summed E-state index contributed by atoms with van der Waals surface area (Å²) in [5.74, 6) is -2.21. The van der Waals surface area contributed by atoms with Crippen LogP contribution in [0.2, 0.25) is 0 Å². The van der Waals surface area contributed by atoms with Crippen LogP contribution in [-0.2, 0) is 16.1 Å². The second kappa shape index (κ2) is 7.14. The third-order valence-corrected chi connectivity index (χ3v) is 6.24. The van der Waals surface area contributed by atoms with Gasteiger partial charge in [-0.2, -0.15) is 0 Å². The zero-order chi connectivity index (χ0) is 21.0. The van der Waals surface area contributed by atoms with Gasteiger partial charge in [0.2, 0.25) is 11.6 Å². The summed E-state index contributed by atoms with van der Waals surface area (Å²) in [7, 11) is 0. The molecule has 2 aromatic carbocycles. The molecule has 5 rings (SSSR count). The molecule has 2 aliphatic carbocycles. The fourth-order valence-corrected chi connectivity index (χ4v) is 4.77. The first-order chi connectivity index (χ1) is 14.5. The first kappa shape index (κ1) is 19.1. The Kier molecular flexibility index (Phi) is 4.56. The Balaban J connectivity index is 1.50. The maximum Gasteiger partial charge on any atom is 0.233 e. The number of ketones is 2. The van der Waals surface area contributed by atoms with Gasteiger partial charge >= 0.3 is 0 Å².